The van der Waals surface area contributed by atoms with E-state index in [0.29, 0.717) is 23.4 Å². The van der Waals surface area contributed by atoms with Crippen molar-refractivity contribution < 1.29 is 24.0 Å². The average Bonchev–Trinajstić information content (AvgIpc) is 3.29. The summed E-state index contributed by atoms with van der Waals surface area (Å²) in [5, 5.41) is 2.88. The number of nitrogens with one attached hydrogen (secondary N) is 2. The molecule has 1 fully saturated rings. The Balaban J connectivity index is 0.000000305. The summed E-state index contributed by atoms with van der Waals surface area (Å²) < 4.78 is 5.71. The number of anilines is 1. The van der Waals surface area contributed by atoms with Crippen molar-refractivity contribution in [3.63, 3.8) is 0 Å². The molecule has 2 N–H and O–H groups in total. The van der Waals surface area contributed by atoms with Crippen molar-refractivity contribution in [2.75, 3.05) is 39.0 Å². The molecule has 2 aromatic carbocycles. The first-order valence-electron chi connectivity index (χ1n) is 15.7. The second-order valence-corrected chi connectivity index (χ2v) is 11.6. The standard InChI is InChI=1S/C27H34N4O2.C10H9NO2/c1-5-6-10-21(2)25-13-7-8-14-26(25)29-27(32)33-24-15-17-31(18-16-24)20-23-12-9-11-22(28-23)19-30(3)4;1-2-11-9(12)7-5-3-4-6-8(7)10(11)13/h5-14,24H,1-2,15-20H2,3-4H3,(H,29,32);3-6H,2H2,1H3/p+1/b10-6-;. The van der Waals surface area contributed by atoms with Crippen LogP contribution in [0.15, 0.2) is 98.1 Å². The normalized spacial score (nSPS) is 15.0. The van der Waals surface area contributed by atoms with Gasteiger partial charge in [-0.15, -0.1) is 0 Å². The van der Waals surface area contributed by atoms with Crippen LogP contribution in [0.4, 0.5) is 10.5 Å². The van der Waals surface area contributed by atoms with Gasteiger partial charge in [0.15, 0.2) is 0 Å². The maximum atomic E-state index is 12.5. The van der Waals surface area contributed by atoms with Crippen molar-refractivity contribution in [2.45, 2.75) is 39.0 Å². The Labute approximate surface area is 271 Å². The van der Waals surface area contributed by atoms with Crippen molar-refractivity contribution in [1.29, 1.82) is 0 Å². The van der Waals surface area contributed by atoms with Crippen molar-refractivity contribution in [2.24, 2.45) is 0 Å². The van der Waals surface area contributed by atoms with Crippen LogP contribution < -0.4 is 10.2 Å². The van der Waals surface area contributed by atoms with Gasteiger partial charge in [0.05, 0.1) is 42.3 Å². The molecule has 3 amide bonds. The number of likely N-dealkylation sites (tertiary alicyclic amines) is 1. The van der Waals surface area contributed by atoms with E-state index in [4.69, 9.17) is 9.72 Å². The second-order valence-electron chi connectivity index (χ2n) is 11.6. The molecular weight excluding hydrogens is 578 g/mol. The molecule has 46 heavy (non-hydrogen) atoms. The highest BCUT2D eigenvalue weighted by Crippen LogP contribution is 2.25. The molecule has 0 bridgehead atoms. The van der Waals surface area contributed by atoms with Crippen molar-refractivity contribution in [1.82, 2.24) is 14.8 Å². The summed E-state index contributed by atoms with van der Waals surface area (Å²) >= 11 is 0. The summed E-state index contributed by atoms with van der Waals surface area (Å²) in [7, 11) is 4.26. The highest BCUT2D eigenvalue weighted by Gasteiger charge is 2.33. The number of pyridine rings is 1. The lowest BCUT2D eigenvalue weighted by Gasteiger charge is -2.31. The van der Waals surface area contributed by atoms with Crippen molar-refractivity contribution in [3.8, 4) is 0 Å². The van der Waals surface area contributed by atoms with Crippen LogP contribution in [0.1, 0.15) is 57.4 Å². The molecule has 0 atom stereocenters. The van der Waals surface area contributed by atoms with Crippen molar-refractivity contribution >= 4 is 29.2 Å². The molecule has 0 saturated carbocycles. The smallest absolute Gasteiger partial charge is 0.411 e. The van der Waals surface area contributed by atoms with Crippen LogP contribution in [-0.4, -0.2) is 72.5 Å². The van der Waals surface area contributed by atoms with E-state index in [1.54, 1.807) is 37.3 Å². The number of piperidine rings is 1. The SMILES string of the molecule is C=C/C=C\C(=C)c1ccccc1NC(=O)OC1CCN(Cc2cccc(C[NH+](C)C)n2)CC1.CCN1C(=O)c2ccccc2C1=O. The topological polar surface area (TPSA) is 96.3 Å². The number of benzene rings is 2. The van der Waals surface area contributed by atoms with Crippen molar-refractivity contribution in [3.05, 3.63) is 126 Å². The number of allylic oxidation sites excluding steroid dienone is 4. The average molecular weight is 623 g/mol. The number of carbonyl (C=O) groups is 3. The van der Waals surface area contributed by atoms with Gasteiger partial charge >= 0.3 is 6.09 Å². The summed E-state index contributed by atoms with van der Waals surface area (Å²) in [6.07, 6.45) is 6.48. The fourth-order valence-electron chi connectivity index (χ4n) is 5.46. The van der Waals surface area contributed by atoms with Crippen LogP contribution >= 0.6 is 0 Å². The zero-order valence-electron chi connectivity index (χ0n) is 27.0. The molecule has 9 heteroatoms. The van der Waals surface area contributed by atoms with Crippen LogP contribution in [0.25, 0.3) is 5.57 Å². The summed E-state index contributed by atoms with van der Waals surface area (Å²) in [5.74, 6) is -0.355. The summed E-state index contributed by atoms with van der Waals surface area (Å²) in [6, 6.07) is 20.7. The lowest BCUT2D eigenvalue weighted by Crippen LogP contribution is -3.04. The van der Waals surface area contributed by atoms with E-state index in [0.717, 1.165) is 61.5 Å². The van der Waals surface area contributed by atoms with Crippen LogP contribution in [0.3, 0.4) is 0 Å². The summed E-state index contributed by atoms with van der Waals surface area (Å²) in [5.41, 5.74) is 5.59. The highest BCUT2D eigenvalue weighted by molar-refractivity contribution is 6.21. The second kappa shape index (κ2) is 16.5. The van der Waals surface area contributed by atoms with E-state index < -0.39 is 6.09 Å². The molecule has 1 aromatic heterocycles. The first-order valence-corrected chi connectivity index (χ1v) is 15.7. The Morgan fingerprint density at radius 1 is 0.978 bits per heavy atom. The molecule has 9 nitrogen and oxygen atoms in total. The predicted octanol–water partition coefficient (Wildman–Crippen LogP) is 5.00. The van der Waals surface area contributed by atoms with Crippen LogP contribution in [-0.2, 0) is 17.8 Å². The third kappa shape index (κ3) is 9.09. The number of para-hydroxylation sites is 1. The van der Waals surface area contributed by atoms with Gasteiger partial charge in [-0.2, -0.15) is 0 Å². The molecule has 0 radical (unpaired) electrons. The third-order valence-electron chi connectivity index (χ3n) is 7.73. The van der Waals surface area contributed by atoms with Gasteiger partial charge in [0.25, 0.3) is 11.8 Å². The molecule has 240 valence electrons. The number of quaternary nitrogens is 1. The van der Waals surface area contributed by atoms with E-state index in [9.17, 15) is 14.4 Å². The Kier molecular flexibility index (Phi) is 12.2. The minimum absolute atomic E-state index is 0.0890. The van der Waals surface area contributed by atoms with Gasteiger partial charge in [0.1, 0.15) is 12.6 Å². The molecule has 5 rings (SSSR count). The number of hydrogen-bond donors (Lipinski definition) is 2. The maximum Gasteiger partial charge on any atom is 0.411 e. The third-order valence-corrected chi connectivity index (χ3v) is 7.73. The summed E-state index contributed by atoms with van der Waals surface area (Å²) in [4.78, 5) is 45.4. The minimum atomic E-state index is -0.429. The van der Waals surface area contributed by atoms with Gasteiger partial charge in [-0.05, 0) is 55.7 Å². The molecule has 0 spiro atoms. The van der Waals surface area contributed by atoms with Gasteiger partial charge < -0.3 is 9.64 Å². The fourth-order valence-corrected chi connectivity index (χ4v) is 5.46. The minimum Gasteiger partial charge on any atom is -0.446 e. The zero-order chi connectivity index (χ0) is 33.1. The first-order chi connectivity index (χ1) is 22.2. The number of amides is 3. The predicted molar refractivity (Wildman–Crippen MR) is 181 cm³/mol. The number of rotatable bonds is 10. The van der Waals surface area contributed by atoms with Crippen LogP contribution in [0.2, 0.25) is 0 Å². The lowest BCUT2D eigenvalue weighted by atomic mass is 10.0. The number of ether oxygens (including phenoxy) is 1. The van der Waals surface area contributed by atoms with E-state index in [-0.39, 0.29) is 17.9 Å². The monoisotopic (exact) mass is 622 g/mol. The largest absolute Gasteiger partial charge is 0.446 e. The van der Waals surface area contributed by atoms with E-state index in [1.807, 2.05) is 36.4 Å². The van der Waals surface area contributed by atoms with Gasteiger partial charge in [-0.25, -0.2) is 4.79 Å². The Hall–Kier alpha value is -4.86. The Bertz CT molecular complexity index is 1550. The van der Waals surface area contributed by atoms with Gasteiger partial charge in [0.2, 0.25) is 0 Å². The maximum absolute atomic E-state index is 12.5. The number of aromatic nitrogens is 1. The molecule has 2 aliphatic heterocycles. The molecule has 3 heterocycles. The summed E-state index contributed by atoms with van der Waals surface area (Å²) in [6.45, 7) is 13.5. The van der Waals surface area contributed by atoms with E-state index in [1.165, 1.54) is 9.80 Å². The lowest BCUT2D eigenvalue weighted by molar-refractivity contribution is -0.873. The Morgan fingerprint density at radius 3 is 2.24 bits per heavy atom. The van der Waals surface area contributed by atoms with Crippen LogP contribution in [0.5, 0.6) is 0 Å². The highest BCUT2D eigenvalue weighted by atomic mass is 16.6. The number of fused-ring (bicyclic) bond motifs is 1. The quantitative estimate of drug-likeness (QED) is 0.244. The first kappa shape index (κ1) is 34.0. The molecular formula is C37H44N5O4+. The number of imide groups is 1. The number of nitrogens with zero attached hydrogens (tertiary/aromatic N) is 3. The molecule has 0 aliphatic carbocycles. The van der Waals surface area contributed by atoms with Gasteiger partial charge in [-0.3, -0.25) is 29.7 Å². The van der Waals surface area contributed by atoms with Crippen LogP contribution in [0, 0.1) is 0 Å². The molecule has 2 aliphatic rings. The number of carbonyl (C=O) groups excluding carboxylic acids is 3. The molecule has 1 saturated heterocycles. The van der Waals surface area contributed by atoms with Gasteiger partial charge in [0, 0.05) is 31.7 Å². The van der Waals surface area contributed by atoms with E-state index in [2.05, 4.69) is 55.7 Å². The Morgan fingerprint density at radius 2 is 1.61 bits per heavy atom. The molecule has 3 aromatic rings. The van der Waals surface area contributed by atoms with E-state index >= 15 is 0 Å². The zero-order valence-corrected chi connectivity index (χ0v) is 27.0. The fraction of sp³-hybridized carbons (Fsp3) is 0.297. The number of hydrogen-bond acceptors (Lipinski definition) is 6. The van der Waals surface area contributed by atoms with Gasteiger partial charge in [-0.1, -0.05) is 67.8 Å². The molecule has 0 unspecified atom stereocenters.